The molecule has 0 fully saturated rings. The molecule has 0 unspecified atom stereocenters. The number of hydrogen-bond acceptors (Lipinski definition) is 2. The fourth-order valence-electron chi connectivity index (χ4n) is 10.9. The van der Waals surface area contributed by atoms with Gasteiger partial charge in [0, 0.05) is 34.3 Å². The smallest absolute Gasteiger partial charge is 0.137 e. The molecule has 11 aromatic rings. The van der Waals surface area contributed by atoms with E-state index in [-0.39, 0.29) is 0 Å². The van der Waals surface area contributed by atoms with E-state index in [4.69, 9.17) is 4.74 Å². The van der Waals surface area contributed by atoms with Crippen LogP contribution in [0.25, 0.3) is 66.4 Å². The van der Waals surface area contributed by atoms with Gasteiger partial charge < -0.3 is 9.64 Å². The number of ether oxygens (including phenoxy) is 1. The number of anilines is 3. The Morgan fingerprint density at radius 1 is 0.269 bits per heavy atom. The summed E-state index contributed by atoms with van der Waals surface area (Å²) in [7, 11) is 0. The van der Waals surface area contributed by atoms with E-state index in [9.17, 15) is 0 Å². The summed E-state index contributed by atoms with van der Waals surface area (Å²) in [5.41, 5.74) is 19.2. The minimum Gasteiger partial charge on any atom is -0.456 e. The van der Waals surface area contributed by atoms with E-state index in [2.05, 4.69) is 266 Å². The van der Waals surface area contributed by atoms with Crippen molar-refractivity contribution in [3.63, 3.8) is 0 Å². The summed E-state index contributed by atoms with van der Waals surface area (Å²) in [6, 6.07) is 95.0. The van der Waals surface area contributed by atoms with Gasteiger partial charge in [0.1, 0.15) is 11.5 Å². The third kappa shape index (κ3) is 6.33. The van der Waals surface area contributed by atoms with Crippen LogP contribution < -0.4 is 9.64 Å². The Balaban J connectivity index is 1.03. The van der Waals surface area contributed by atoms with Gasteiger partial charge in [-0.15, -0.1) is 0 Å². The highest BCUT2D eigenvalue weighted by Gasteiger charge is 2.46. The standard InChI is InChI=1S/C65H43NO/c1-5-17-44(18-6-1)46-29-32-52(33-30-46)66(53-34-36-56-55-27-15-16-28-61(55)65(62(56)42-53,50-23-9-3-10-24-50)51-25-11-4-12-26-51)54-35-37-57-58-39-47-21-13-14-22-48(47)40-59(58)60-41-49(45-19-7-2-8-20-45)31-38-63(60)67-64(57)43-54/h1-43H. The SMILES string of the molecule is c1ccc(-c2ccc(N(c3ccc4c(c3)Oc3ccc(-c5ccccc5)cc3-c3cc5ccccc5cc3-4)c3ccc4c(c3)C(c3ccccc3)(c3ccccc3)c3ccccc3-4)cc2)cc1. The molecule has 0 radical (unpaired) electrons. The fourth-order valence-corrected chi connectivity index (χ4v) is 10.9. The summed E-state index contributed by atoms with van der Waals surface area (Å²) in [6.07, 6.45) is 0. The largest absolute Gasteiger partial charge is 0.456 e. The highest BCUT2D eigenvalue weighted by Crippen LogP contribution is 2.58. The molecule has 13 rings (SSSR count). The number of nitrogens with zero attached hydrogens (tertiary/aromatic N) is 1. The molecule has 0 atom stereocenters. The average Bonchev–Trinajstić information content (AvgIpc) is 3.62. The molecule has 0 saturated carbocycles. The van der Waals surface area contributed by atoms with Gasteiger partial charge >= 0.3 is 0 Å². The van der Waals surface area contributed by atoms with Crippen molar-refractivity contribution in [2.45, 2.75) is 5.41 Å². The van der Waals surface area contributed by atoms with Crippen molar-refractivity contribution in [1.29, 1.82) is 0 Å². The predicted molar refractivity (Wildman–Crippen MR) is 278 cm³/mol. The molecule has 2 nitrogen and oxygen atoms in total. The minimum atomic E-state index is -0.543. The zero-order chi connectivity index (χ0) is 44.3. The van der Waals surface area contributed by atoms with Gasteiger partial charge in [-0.3, -0.25) is 0 Å². The second-order valence-corrected chi connectivity index (χ2v) is 17.6. The monoisotopic (exact) mass is 853 g/mol. The topological polar surface area (TPSA) is 12.5 Å². The number of hydrogen-bond donors (Lipinski definition) is 0. The number of benzene rings is 11. The molecular formula is C65H43NO. The van der Waals surface area contributed by atoms with E-state index >= 15 is 0 Å². The second kappa shape index (κ2) is 15.8. The lowest BCUT2D eigenvalue weighted by Crippen LogP contribution is -2.28. The van der Waals surface area contributed by atoms with Crippen LogP contribution in [0.1, 0.15) is 22.3 Å². The minimum absolute atomic E-state index is 0.543. The molecule has 1 aliphatic heterocycles. The maximum absolute atomic E-state index is 7.18. The summed E-state index contributed by atoms with van der Waals surface area (Å²) < 4.78 is 7.18. The predicted octanol–water partition coefficient (Wildman–Crippen LogP) is 17.4. The van der Waals surface area contributed by atoms with Crippen LogP contribution >= 0.6 is 0 Å². The van der Waals surface area contributed by atoms with Gasteiger partial charge in [0.15, 0.2) is 0 Å². The molecule has 2 heteroatoms. The molecule has 0 amide bonds. The molecule has 0 N–H and O–H groups in total. The van der Waals surface area contributed by atoms with Gasteiger partial charge in [-0.1, -0.05) is 194 Å². The summed E-state index contributed by atoms with van der Waals surface area (Å²) in [6.45, 7) is 0. The van der Waals surface area contributed by atoms with E-state index in [0.717, 1.165) is 56.4 Å². The Morgan fingerprint density at radius 2 is 0.746 bits per heavy atom. The van der Waals surface area contributed by atoms with E-state index in [1.807, 2.05) is 0 Å². The molecule has 314 valence electrons. The van der Waals surface area contributed by atoms with E-state index < -0.39 is 5.41 Å². The first-order valence-electron chi connectivity index (χ1n) is 23.1. The third-order valence-corrected chi connectivity index (χ3v) is 13.9. The van der Waals surface area contributed by atoms with Crippen molar-refractivity contribution in [3.8, 4) is 67.1 Å². The van der Waals surface area contributed by atoms with Crippen LogP contribution in [0.15, 0.2) is 261 Å². The Bertz CT molecular complexity index is 3600. The van der Waals surface area contributed by atoms with Crippen molar-refractivity contribution in [2.75, 3.05) is 4.90 Å². The first kappa shape index (κ1) is 38.7. The maximum atomic E-state index is 7.18. The van der Waals surface area contributed by atoms with E-state index in [1.54, 1.807) is 0 Å². The van der Waals surface area contributed by atoms with Crippen molar-refractivity contribution < 1.29 is 4.74 Å². The Morgan fingerprint density at radius 3 is 1.40 bits per heavy atom. The first-order chi connectivity index (χ1) is 33.2. The molecule has 2 aliphatic rings. The lowest BCUT2D eigenvalue weighted by Gasteiger charge is -2.35. The Kier molecular flexibility index (Phi) is 9.11. The number of fused-ring (bicyclic) bond motifs is 9. The maximum Gasteiger partial charge on any atom is 0.137 e. The fraction of sp³-hybridized carbons (Fsp3) is 0.0154. The molecule has 67 heavy (non-hydrogen) atoms. The van der Waals surface area contributed by atoms with Gasteiger partial charge in [-0.05, 0) is 138 Å². The molecule has 0 saturated heterocycles. The van der Waals surface area contributed by atoms with Gasteiger partial charge in [-0.2, -0.15) is 0 Å². The summed E-state index contributed by atoms with van der Waals surface area (Å²) in [5, 5.41) is 2.39. The summed E-state index contributed by atoms with van der Waals surface area (Å²) in [5.74, 6) is 1.64. The highest BCUT2D eigenvalue weighted by molar-refractivity contribution is 6.01. The van der Waals surface area contributed by atoms with E-state index in [1.165, 1.54) is 60.8 Å². The quantitative estimate of drug-likeness (QED) is 0.158. The van der Waals surface area contributed by atoms with Crippen molar-refractivity contribution >= 4 is 27.8 Å². The lowest BCUT2D eigenvalue weighted by atomic mass is 9.67. The second-order valence-electron chi connectivity index (χ2n) is 17.6. The summed E-state index contributed by atoms with van der Waals surface area (Å²) >= 11 is 0. The van der Waals surface area contributed by atoms with Crippen molar-refractivity contribution in [2.24, 2.45) is 0 Å². The van der Waals surface area contributed by atoms with Crippen LogP contribution in [0.4, 0.5) is 17.1 Å². The zero-order valence-corrected chi connectivity index (χ0v) is 36.7. The highest BCUT2D eigenvalue weighted by atomic mass is 16.5. The van der Waals surface area contributed by atoms with Crippen molar-refractivity contribution in [1.82, 2.24) is 0 Å². The molecule has 0 bridgehead atoms. The third-order valence-electron chi connectivity index (χ3n) is 13.9. The van der Waals surface area contributed by atoms with Crippen molar-refractivity contribution in [3.05, 3.63) is 283 Å². The van der Waals surface area contributed by atoms with Crippen LogP contribution in [-0.4, -0.2) is 0 Å². The van der Waals surface area contributed by atoms with Crippen LogP contribution in [0.3, 0.4) is 0 Å². The van der Waals surface area contributed by atoms with Gasteiger partial charge in [0.25, 0.3) is 0 Å². The van der Waals surface area contributed by atoms with Crippen LogP contribution in [0.2, 0.25) is 0 Å². The van der Waals surface area contributed by atoms with Gasteiger partial charge in [0.2, 0.25) is 0 Å². The Hall–Kier alpha value is -8.72. The molecule has 1 heterocycles. The first-order valence-corrected chi connectivity index (χ1v) is 23.1. The zero-order valence-electron chi connectivity index (χ0n) is 36.7. The van der Waals surface area contributed by atoms with Gasteiger partial charge in [-0.25, -0.2) is 0 Å². The molecular weight excluding hydrogens is 811 g/mol. The van der Waals surface area contributed by atoms with Crippen LogP contribution in [-0.2, 0) is 5.41 Å². The number of rotatable bonds is 7. The molecule has 11 aromatic carbocycles. The van der Waals surface area contributed by atoms with E-state index in [0.29, 0.717) is 0 Å². The Labute approximate surface area is 391 Å². The normalized spacial score (nSPS) is 12.7. The summed E-state index contributed by atoms with van der Waals surface area (Å²) in [4.78, 5) is 2.40. The average molecular weight is 854 g/mol. The van der Waals surface area contributed by atoms with Crippen LogP contribution in [0, 0.1) is 0 Å². The molecule has 0 spiro atoms. The lowest BCUT2D eigenvalue weighted by molar-refractivity contribution is 0.488. The molecule has 0 aromatic heterocycles. The van der Waals surface area contributed by atoms with Crippen LogP contribution in [0.5, 0.6) is 11.5 Å². The molecule has 1 aliphatic carbocycles. The van der Waals surface area contributed by atoms with Gasteiger partial charge in [0.05, 0.1) is 5.41 Å².